The number of hydrogen-bond acceptors (Lipinski definition) is 1. The fourth-order valence-corrected chi connectivity index (χ4v) is 0.587. The molecule has 0 unspecified atom stereocenters. The average molecular weight is 150 g/mol. The van der Waals surface area contributed by atoms with Gasteiger partial charge in [-0.2, -0.15) is 0 Å². The first-order valence-corrected chi connectivity index (χ1v) is 3.30. The van der Waals surface area contributed by atoms with Gasteiger partial charge in [0.15, 0.2) is 0 Å². The summed E-state index contributed by atoms with van der Waals surface area (Å²) in [4.78, 5) is 10.1. The van der Waals surface area contributed by atoms with Crippen molar-refractivity contribution in [1.82, 2.24) is 5.32 Å². The van der Waals surface area contributed by atoms with E-state index in [9.17, 15) is 4.79 Å². The first-order valence-electron chi connectivity index (χ1n) is 3.30. The number of primary amides is 1. The maximum absolute atomic E-state index is 10.1. The van der Waals surface area contributed by atoms with Crippen LogP contribution in [0.1, 0.15) is 26.2 Å². The van der Waals surface area contributed by atoms with E-state index >= 15 is 0 Å². The van der Waals surface area contributed by atoms with Gasteiger partial charge in [-0.25, -0.2) is 4.79 Å². The van der Waals surface area contributed by atoms with Gasteiger partial charge in [-0.15, -0.1) is 0 Å². The Morgan fingerprint density at radius 3 is 2.50 bits per heavy atom. The van der Waals surface area contributed by atoms with Crippen LogP contribution in [-0.4, -0.2) is 12.6 Å². The lowest BCUT2D eigenvalue weighted by atomic mass is 10.2. The summed E-state index contributed by atoms with van der Waals surface area (Å²) in [6.45, 7) is 2.83. The van der Waals surface area contributed by atoms with E-state index < -0.39 is 6.03 Å². The zero-order valence-electron chi connectivity index (χ0n) is 6.22. The SMILES string of the molecule is CCCCCNC(N)=O.F. The summed E-state index contributed by atoms with van der Waals surface area (Å²) in [6.07, 6.45) is 3.35. The lowest BCUT2D eigenvalue weighted by Gasteiger charge is -1.97. The van der Waals surface area contributed by atoms with Crippen molar-refractivity contribution < 1.29 is 9.50 Å². The Kier molecular flexibility index (Phi) is 9.79. The molecule has 0 aromatic heterocycles. The van der Waals surface area contributed by atoms with Gasteiger partial charge in [0, 0.05) is 6.54 Å². The molecule has 3 N–H and O–H groups in total. The number of carbonyl (C=O) groups excluding carboxylic acids is 1. The molecule has 2 amide bonds. The standard InChI is InChI=1S/C6H14N2O.FH/c1-2-3-4-5-8-6(7)9;/h2-5H2,1H3,(H3,7,8,9);1H. The Labute approximate surface area is 60.3 Å². The van der Waals surface area contributed by atoms with E-state index in [4.69, 9.17) is 5.73 Å². The molecular formula is C6H15FN2O. The predicted molar refractivity (Wildman–Crippen MR) is 39.6 cm³/mol. The summed E-state index contributed by atoms with van der Waals surface area (Å²) in [5.41, 5.74) is 4.82. The smallest absolute Gasteiger partial charge is 0.312 e. The van der Waals surface area contributed by atoms with Gasteiger partial charge in [0.05, 0.1) is 0 Å². The van der Waals surface area contributed by atoms with Gasteiger partial charge >= 0.3 is 6.03 Å². The molecule has 0 heterocycles. The number of nitrogens with two attached hydrogens (primary N) is 1. The minimum absolute atomic E-state index is 0. The van der Waals surface area contributed by atoms with Crippen LogP contribution in [-0.2, 0) is 0 Å². The van der Waals surface area contributed by atoms with Crippen molar-refractivity contribution in [1.29, 1.82) is 0 Å². The molecule has 4 heteroatoms. The second kappa shape index (κ2) is 8.20. The van der Waals surface area contributed by atoms with Crippen molar-refractivity contribution in [2.45, 2.75) is 26.2 Å². The molecule has 0 aliphatic heterocycles. The highest BCUT2D eigenvalue weighted by Crippen LogP contribution is 1.90. The molecule has 0 bridgehead atoms. The second-order valence-electron chi connectivity index (χ2n) is 2.00. The van der Waals surface area contributed by atoms with E-state index in [-0.39, 0.29) is 4.70 Å². The van der Waals surface area contributed by atoms with Crippen LogP contribution in [0.4, 0.5) is 9.50 Å². The molecule has 0 aromatic carbocycles. The van der Waals surface area contributed by atoms with Gasteiger partial charge in [-0.3, -0.25) is 4.70 Å². The second-order valence-corrected chi connectivity index (χ2v) is 2.00. The predicted octanol–water partition coefficient (Wildman–Crippen LogP) is 0.997. The molecule has 0 aromatic rings. The monoisotopic (exact) mass is 150 g/mol. The van der Waals surface area contributed by atoms with Crippen LogP contribution < -0.4 is 11.1 Å². The number of nitrogens with one attached hydrogen (secondary N) is 1. The first kappa shape index (κ1) is 11.9. The van der Waals surface area contributed by atoms with Crippen molar-refractivity contribution in [2.75, 3.05) is 6.54 Å². The summed E-state index contributed by atoms with van der Waals surface area (Å²) in [7, 11) is 0. The van der Waals surface area contributed by atoms with Crippen molar-refractivity contribution in [3.63, 3.8) is 0 Å². The van der Waals surface area contributed by atoms with Crippen LogP contribution in [0, 0.1) is 0 Å². The maximum atomic E-state index is 10.1. The van der Waals surface area contributed by atoms with E-state index in [1.54, 1.807) is 0 Å². The number of urea groups is 1. The van der Waals surface area contributed by atoms with Gasteiger partial charge in [-0.1, -0.05) is 19.8 Å². The van der Waals surface area contributed by atoms with Crippen molar-refractivity contribution in [3.05, 3.63) is 0 Å². The van der Waals surface area contributed by atoms with Gasteiger partial charge in [0.2, 0.25) is 0 Å². The van der Waals surface area contributed by atoms with Gasteiger partial charge in [0.1, 0.15) is 0 Å². The number of carbonyl (C=O) groups is 1. The molecule has 0 radical (unpaired) electrons. The fourth-order valence-electron chi connectivity index (χ4n) is 0.587. The molecule has 0 spiro atoms. The first-order chi connectivity index (χ1) is 4.27. The molecule has 0 atom stereocenters. The third-order valence-corrected chi connectivity index (χ3v) is 1.08. The summed E-state index contributed by atoms with van der Waals surface area (Å²) in [5, 5.41) is 2.52. The van der Waals surface area contributed by atoms with E-state index in [1.807, 2.05) is 0 Å². The van der Waals surface area contributed by atoms with Crippen LogP contribution in [0.2, 0.25) is 0 Å². The molecular weight excluding hydrogens is 135 g/mol. The number of hydrogen-bond donors (Lipinski definition) is 2. The van der Waals surface area contributed by atoms with Crippen LogP contribution in [0.5, 0.6) is 0 Å². The fraction of sp³-hybridized carbons (Fsp3) is 0.833. The van der Waals surface area contributed by atoms with E-state index in [2.05, 4.69) is 12.2 Å². The summed E-state index contributed by atoms with van der Waals surface area (Å²) >= 11 is 0. The van der Waals surface area contributed by atoms with E-state index in [1.165, 1.54) is 6.42 Å². The largest absolute Gasteiger partial charge is 0.352 e. The Morgan fingerprint density at radius 2 is 2.10 bits per heavy atom. The topological polar surface area (TPSA) is 55.1 Å². The summed E-state index contributed by atoms with van der Waals surface area (Å²) in [6, 6.07) is -0.425. The zero-order valence-corrected chi connectivity index (χ0v) is 6.22. The Hall–Kier alpha value is -0.800. The highest BCUT2D eigenvalue weighted by Gasteiger charge is 1.88. The summed E-state index contributed by atoms with van der Waals surface area (Å²) < 4.78 is 0. The van der Waals surface area contributed by atoms with E-state index in [0.29, 0.717) is 6.54 Å². The van der Waals surface area contributed by atoms with Crippen LogP contribution in [0.15, 0.2) is 0 Å². The van der Waals surface area contributed by atoms with Crippen molar-refractivity contribution in [2.24, 2.45) is 5.73 Å². The lowest BCUT2D eigenvalue weighted by Crippen LogP contribution is -2.29. The highest BCUT2D eigenvalue weighted by molar-refractivity contribution is 5.71. The zero-order chi connectivity index (χ0) is 7.11. The van der Waals surface area contributed by atoms with Gasteiger partial charge in [0.25, 0.3) is 0 Å². The van der Waals surface area contributed by atoms with Crippen LogP contribution >= 0.6 is 0 Å². The average Bonchev–Trinajstić information content (AvgIpc) is 1.80. The Bertz CT molecular complexity index is 87.8. The third kappa shape index (κ3) is 10.2. The lowest BCUT2D eigenvalue weighted by molar-refractivity contribution is 0.248. The molecule has 62 valence electrons. The molecule has 0 aliphatic rings. The number of halogens is 1. The van der Waals surface area contributed by atoms with Gasteiger partial charge < -0.3 is 11.1 Å². The highest BCUT2D eigenvalue weighted by atomic mass is 19.0. The molecule has 0 saturated carbocycles. The van der Waals surface area contributed by atoms with Crippen LogP contribution in [0.3, 0.4) is 0 Å². The normalized spacial score (nSPS) is 8.10. The van der Waals surface area contributed by atoms with Crippen LogP contribution in [0.25, 0.3) is 0 Å². The van der Waals surface area contributed by atoms with E-state index in [0.717, 1.165) is 12.8 Å². The summed E-state index contributed by atoms with van der Waals surface area (Å²) in [5.74, 6) is 0. The minimum atomic E-state index is -0.425. The molecule has 0 saturated heterocycles. The van der Waals surface area contributed by atoms with Crippen molar-refractivity contribution in [3.8, 4) is 0 Å². The molecule has 3 nitrogen and oxygen atoms in total. The Morgan fingerprint density at radius 1 is 1.50 bits per heavy atom. The molecule has 0 rings (SSSR count). The third-order valence-electron chi connectivity index (χ3n) is 1.08. The Balaban J connectivity index is 0. The molecule has 10 heavy (non-hydrogen) atoms. The molecule has 0 fully saturated rings. The number of rotatable bonds is 4. The number of amides is 2. The number of unbranched alkanes of at least 4 members (excludes halogenated alkanes) is 2. The van der Waals surface area contributed by atoms with Gasteiger partial charge in [-0.05, 0) is 6.42 Å². The quantitative estimate of drug-likeness (QED) is 0.577. The molecule has 0 aliphatic carbocycles. The maximum Gasteiger partial charge on any atom is 0.312 e. The van der Waals surface area contributed by atoms with Crippen molar-refractivity contribution >= 4 is 6.03 Å². The minimum Gasteiger partial charge on any atom is -0.352 e.